The van der Waals surface area contributed by atoms with Crippen LogP contribution in [-0.2, 0) is 24.2 Å². The van der Waals surface area contributed by atoms with Gasteiger partial charge < -0.3 is 14.9 Å². The molecule has 2 aliphatic heterocycles. The van der Waals surface area contributed by atoms with Crippen LogP contribution in [0.15, 0.2) is 20.5 Å². The molecule has 5 N–H and O–H groups in total. The Hall–Kier alpha value is -0.547. The number of methoxy groups -OCH3 is 1. The fraction of sp³-hybridized carbons (Fsp3) is 1.00. The molecule has 51 heavy (non-hydrogen) atoms. The van der Waals surface area contributed by atoms with E-state index in [1.54, 1.807) is 6.92 Å². The van der Waals surface area contributed by atoms with Crippen molar-refractivity contribution >= 4 is 11.6 Å². The van der Waals surface area contributed by atoms with Gasteiger partial charge in [0.15, 0.2) is 0 Å². The number of hydrogen-bond acceptors (Lipinski definition) is 10. The van der Waals surface area contributed by atoms with Crippen LogP contribution in [0.3, 0.4) is 0 Å². The first-order valence-corrected chi connectivity index (χ1v) is 18.8. The van der Waals surface area contributed by atoms with Gasteiger partial charge >= 0.3 is 12.4 Å². The molecule has 4 aliphatic carbocycles. The molecule has 18 heteroatoms. The molecule has 2 heterocycles. The summed E-state index contributed by atoms with van der Waals surface area (Å²) in [7, 11) is 1.25. The number of piperidine rings is 1. The molecule has 0 radical (unpaired) electrons. The minimum atomic E-state index is -4.48. The molecule has 0 amide bonds. The van der Waals surface area contributed by atoms with Crippen molar-refractivity contribution < 1.29 is 60.8 Å². The molecular weight excluding hydrogens is 757 g/mol. The Morgan fingerprint density at radius 3 is 1.67 bits per heavy atom. The Labute approximate surface area is 314 Å². The van der Waals surface area contributed by atoms with Crippen molar-refractivity contribution in [1.29, 1.82) is 0 Å². The molecule has 6 aliphatic rings. The van der Waals surface area contributed by atoms with Crippen LogP contribution in [0.2, 0.25) is 0 Å². The zero-order valence-corrected chi connectivity index (χ0v) is 33.2. The Morgan fingerprint density at radius 2 is 1.20 bits per heavy atom. The molecule has 15 unspecified atom stereocenters. The number of halogens is 7. The van der Waals surface area contributed by atoms with Crippen LogP contribution >= 0.6 is 11.6 Å². The maximum absolute atomic E-state index is 13.6. The summed E-state index contributed by atoms with van der Waals surface area (Å²) in [5.74, 6) is -1.62. The maximum atomic E-state index is 13.6. The Bertz CT molecular complexity index is 1150. The van der Waals surface area contributed by atoms with E-state index in [1.807, 2.05) is 0 Å². The van der Waals surface area contributed by atoms with Gasteiger partial charge in [0.05, 0.1) is 41.8 Å². The van der Waals surface area contributed by atoms with Crippen LogP contribution in [0.4, 0.5) is 26.3 Å². The van der Waals surface area contributed by atoms with E-state index in [0.717, 1.165) is 51.4 Å². The van der Waals surface area contributed by atoms with Gasteiger partial charge in [-0.2, -0.15) is 46.8 Å². The average Bonchev–Trinajstić information content (AvgIpc) is 3.07. The van der Waals surface area contributed by atoms with Crippen LogP contribution < -0.4 is 16.0 Å². The Balaban J connectivity index is 0.000000225. The van der Waals surface area contributed by atoms with E-state index >= 15 is 0 Å². The van der Waals surface area contributed by atoms with Crippen molar-refractivity contribution in [3.05, 3.63) is 0 Å². The zero-order valence-electron chi connectivity index (χ0n) is 29.5. The number of hydrogen-bond donors (Lipinski definition) is 5. The van der Waals surface area contributed by atoms with Crippen molar-refractivity contribution in [3.8, 4) is 0 Å². The normalized spacial score (nSPS) is 43.8. The van der Waals surface area contributed by atoms with Gasteiger partial charge in [-0.25, -0.2) is 0 Å². The fourth-order valence-corrected chi connectivity index (χ4v) is 9.58. The summed E-state index contributed by atoms with van der Waals surface area (Å²) in [6.07, 6.45) is -1.11. The number of rotatable bonds is 5. The van der Waals surface area contributed by atoms with Crippen molar-refractivity contribution in [2.24, 2.45) is 56.0 Å². The average molecular weight is 812 g/mol. The molecule has 6 rings (SSSR count). The third-order valence-corrected chi connectivity index (χ3v) is 12.4. The van der Waals surface area contributed by atoms with Gasteiger partial charge in [-0.05, 0) is 75.5 Å². The van der Waals surface area contributed by atoms with Crippen LogP contribution in [-0.4, -0.2) is 90.6 Å². The van der Waals surface area contributed by atoms with Crippen LogP contribution in [0.25, 0.3) is 0 Å². The van der Waals surface area contributed by atoms with Gasteiger partial charge in [0.1, 0.15) is 24.5 Å². The van der Waals surface area contributed by atoms with E-state index in [2.05, 4.69) is 36.4 Å². The monoisotopic (exact) mass is 809 g/mol. The number of nitrogens with zero attached hydrogens (tertiary/aromatic N) is 4. The predicted octanol–water partition coefficient (Wildman–Crippen LogP) is 6.66. The third-order valence-electron chi connectivity index (χ3n) is 11.9. The number of nitrogens with one attached hydrogen (secondary N) is 3. The van der Waals surface area contributed by atoms with Gasteiger partial charge in [-0.1, -0.05) is 38.5 Å². The van der Waals surface area contributed by atoms with Crippen molar-refractivity contribution in [3.63, 3.8) is 0 Å². The van der Waals surface area contributed by atoms with E-state index in [4.69, 9.17) is 16.3 Å². The summed E-state index contributed by atoms with van der Waals surface area (Å²) in [6, 6.07) is -0.647. The van der Waals surface area contributed by atoms with Crippen molar-refractivity contribution in [1.82, 2.24) is 16.0 Å². The summed E-state index contributed by atoms with van der Waals surface area (Å²) in [4.78, 5) is 0. The number of alkyl halides is 7. The van der Waals surface area contributed by atoms with Gasteiger partial charge in [0, 0.05) is 33.1 Å². The Kier molecular flexibility index (Phi) is 16.0. The van der Waals surface area contributed by atoms with Crippen LogP contribution in [0.1, 0.15) is 90.4 Å². The first-order chi connectivity index (χ1) is 23.7. The molecule has 0 spiro atoms. The molecule has 6 fully saturated rings. The van der Waals surface area contributed by atoms with Crippen LogP contribution in [0.5, 0.6) is 0 Å². The quantitative estimate of drug-likeness (QED) is 0.0914. The van der Waals surface area contributed by atoms with E-state index in [1.165, 1.54) is 26.4 Å². The van der Waals surface area contributed by atoms with Gasteiger partial charge in [-0.3, -0.25) is 16.0 Å². The topological polar surface area (TPSA) is 135 Å². The van der Waals surface area contributed by atoms with Gasteiger partial charge in [-0.15, -0.1) is 11.6 Å². The van der Waals surface area contributed by atoms with Gasteiger partial charge in [0.25, 0.3) is 0 Å². The summed E-state index contributed by atoms with van der Waals surface area (Å²) in [6.45, 7) is 1.53. The second-order valence-corrected chi connectivity index (χ2v) is 15.8. The number of azo groups is 2. The molecule has 0 aromatic rings. The van der Waals surface area contributed by atoms with Crippen molar-refractivity contribution in [2.75, 3.05) is 13.7 Å². The number of aliphatic hydroxyl groups excluding tert-OH is 2. The fourth-order valence-electron chi connectivity index (χ4n) is 9.22. The number of ether oxygens (including phenoxy) is 1. The molecule has 290 valence electrons. The molecule has 15 atom stereocenters. The second kappa shape index (κ2) is 18.9. The standard InChI is InChI=1S/C17H29F3N4O2.C16H25ClF3N3O.Zn/c1-9-21-15(13(17(18,19)20)16(22-9)26-2)24-23-14-11-6-4-3-5-10(11)7-8-12(14)25;17-12-7-10(16(18,19)20)8-21-15(12)23-22-14-11-4-2-1-3-9(11)5-6-13(14)24;/h9-16,21-22,25H,3-8H2,1-2H3;9-15,21,24H,1-8H2;. The molecular formula is C33H54ClF6N7O3Zn. The van der Waals surface area contributed by atoms with E-state index in [0.29, 0.717) is 24.2 Å². The summed E-state index contributed by atoms with van der Waals surface area (Å²) < 4.78 is 84.0. The zero-order chi connectivity index (χ0) is 36.2. The molecule has 10 nitrogen and oxygen atoms in total. The minimum Gasteiger partial charge on any atom is -0.391 e. The SMILES string of the molecule is COC1NC(C)NC(N=NC2C(O)CCC3CCCCC32)C1C(F)(F)F.OC1CCC2CCCCC2C1N=NC1NCC(C(F)(F)F)CC1Cl.[Zn]. The van der Waals surface area contributed by atoms with E-state index in [9.17, 15) is 36.6 Å². The molecule has 0 bridgehead atoms. The molecule has 0 aromatic carbocycles. The minimum absolute atomic E-state index is 0. The number of aliphatic hydroxyl groups is 2. The molecule has 4 saturated carbocycles. The first kappa shape index (κ1) is 43.2. The molecule has 2 saturated heterocycles. The largest absolute Gasteiger partial charge is 0.399 e. The van der Waals surface area contributed by atoms with E-state index < -0.39 is 66.4 Å². The Morgan fingerprint density at radius 1 is 0.686 bits per heavy atom. The maximum Gasteiger partial charge on any atom is 0.399 e. The molecule has 0 aromatic heterocycles. The van der Waals surface area contributed by atoms with Crippen molar-refractivity contribution in [2.45, 2.75) is 157 Å². The summed E-state index contributed by atoms with van der Waals surface area (Å²) in [5, 5.41) is 45.1. The third kappa shape index (κ3) is 11.0. The number of fused-ring (bicyclic) bond motifs is 2. The van der Waals surface area contributed by atoms with Gasteiger partial charge in [0.2, 0.25) is 0 Å². The van der Waals surface area contributed by atoms with Crippen LogP contribution in [0, 0.1) is 35.5 Å². The van der Waals surface area contributed by atoms with E-state index in [-0.39, 0.29) is 50.6 Å². The first-order valence-electron chi connectivity index (χ1n) is 18.4. The smallest absolute Gasteiger partial charge is 0.391 e. The second-order valence-electron chi connectivity index (χ2n) is 15.2. The predicted molar refractivity (Wildman–Crippen MR) is 174 cm³/mol. The summed E-state index contributed by atoms with van der Waals surface area (Å²) in [5.41, 5.74) is 0. The summed E-state index contributed by atoms with van der Waals surface area (Å²) >= 11 is 6.10.